The number of hydrogen-bond acceptors (Lipinski definition) is 3. The molecule has 0 spiro atoms. The second kappa shape index (κ2) is 6.53. The molecule has 2 fully saturated rings. The molecule has 1 amide bonds. The van der Waals surface area contributed by atoms with E-state index < -0.39 is 11.8 Å². The number of likely N-dealkylation sites (tertiary alicyclic amines) is 1. The number of halogens is 2. The van der Waals surface area contributed by atoms with Crippen LogP contribution in [0.5, 0.6) is 0 Å². The first-order valence-electron chi connectivity index (χ1n) is 8.54. The van der Waals surface area contributed by atoms with Gasteiger partial charge in [-0.05, 0) is 32.6 Å². The van der Waals surface area contributed by atoms with Crippen LogP contribution in [0.3, 0.4) is 0 Å². The van der Waals surface area contributed by atoms with Crippen LogP contribution in [0.4, 0.5) is 8.78 Å². The van der Waals surface area contributed by atoms with Crippen LogP contribution in [0.15, 0.2) is 6.33 Å². The fourth-order valence-corrected chi connectivity index (χ4v) is 3.85. The minimum atomic E-state index is -2.68. The van der Waals surface area contributed by atoms with Gasteiger partial charge in [0, 0.05) is 44.3 Å². The lowest BCUT2D eigenvalue weighted by Gasteiger charge is -2.37. The number of carbonyl (C=O) groups is 1. The molecule has 2 atom stereocenters. The van der Waals surface area contributed by atoms with Crippen molar-refractivity contribution in [1.29, 1.82) is 0 Å². The quantitative estimate of drug-likeness (QED) is 0.858. The number of nitrogens with zero attached hydrogens (tertiary/aromatic N) is 4. The molecule has 128 valence electrons. The molecule has 0 bridgehead atoms. The van der Waals surface area contributed by atoms with Crippen molar-refractivity contribution in [3.8, 4) is 0 Å². The zero-order valence-corrected chi connectivity index (χ0v) is 13.5. The van der Waals surface area contributed by atoms with E-state index in [0.717, 1.165) is 25.2 Å². The normalized spacial score (nSPS) is 27.9. The number of amides is 1. The molecule has 5 nitrogen and oxygen atoms in total. The molecular formula is C16H24F2N4O. The highest BCUT2D eigenvalue weighted by Crippen LogP contribution is 2.38. The molecule has 0 aromatic carbocycles. The largest absolute Gasteiger partial charge is 0.342 e. The smallest absolute Gasteiger partial charge is 0.248 e. The van der Waals surface area contributed by atoms with Gasteiger partial charge in [0.05, 0.1) is 0 Å². The van der Waals surface area contributed by atoms with Gasteiger partial charge in [0.25, 0.3) is 0 Å². The van der Waals surface area contributed by atoms with Gasteiger partial charge in [-0.3, -0.25) is 4.79 Å². The standard InChI is InChI=1S/C16H24F2N4O/c1-2-21-11-19-20-14(21)13-6-4-8-22(10-13)15(23)12-5-3-7-16(17,18)9-12/h11-13H,2-10H2,1H3/t12-,13+/m1/s1. The van der Waals surface area contributed by atoms with Crippen molar-refractivity contribution in [3.05, 3.63) is 12.2 Å². The number of hydrogen-bond donors (Lipinski definition) is 0. The lowest BCUT2D eigenvalue weighted by molar-refractivity contribution is -0.144. The molecule has 2 aliphatic rings. The Balaban J connectivity index is 1.67. The lowest BCUT2D eigenvalue weighted by Crippen LogP contribution is -2.45. The van der Waals surface area contributed by atoms with Gasteiger partial charge in [0.15, 0.2) is 0 Å². The van der Waals surface area contributed by atoms with E-state index in [-0.39, 0.29) is 24.7 Å². The number of carbonyl (C=O) groups excluding carboxylic acids is 1. The summed E-state index contributed by atoms with van der Waals surface area (Å²) in [5.74, 6) is -2.26. The summed E-state index contributed by atoms with van der Waals surface area (Å²) in [5.41, 5.74) is 0. The number of aryl methyl sites for hydroxylation is 1. The topological polar surface area (TPSA) is 51.0 Å². The molecule has 1 aromatic rings. The van der Waals surface area contributed by atoms with Crippen LogP contribution < -0.4 is 0 Å². The first-order valence-corrected chi connectivity index (χ1v) is 8.54. The van der Waals surface area contributed by atoms with Gasteiger partial charge < -0.3 is 9.47 Å². The summed E-state index contributed by atoms with van der Waals surface area (Å²) in [6.07, 6.45) is 4.19. The number of piperidine rings is 1. The van der Waals surface area contributed by atoms with Crippen LogP contribution in [0.25, 0.3) is 0 Å². The Morgan fingerprint density at radius 2 is 2.22 bits per heavy atom. The van der Waals surface area contributed by atoms with Crippen molar-refractivity contribution in [2.45, 2.75) is 63.8 Å². The number of alkyl halides is 2. The van der Waals surface area contributed by atoms with Crippen LogP contribution >= 0.6 is 0 Å². The zero-order valence-electron chi connectivity index (χ0n) is 13.5. The maximum absolute atomic E-state index is 13.6. The summed E-state index contributed by atoms with van der Waals surface area (Å²) >= 11 is 0. The van der Waals surface area contributed by atoms with Gasteiger partial charge in [-0.2, -0.15) is 0 Å². The Hall–Kier alpha value is -1.53. The van der Waals surface area contributed by atoms with Gasteiger partial charge in [0.1, 0.15) is 12.2 Å². The van der Waals surface area contributed by atoms with Crippen LogP contribution in [-0.2, 0) is 11.3 Å². The minimum absolute atomic E-state index is 0.0843. The van der Waals surface area contributed by atoms with E-state index in [0.29, 0.717) is 25.9 Å². The van der Waals surface area contributed by atoms with E-state index in [9.17, 15) is 13.6 Å². The van der Waals surface area contributed by atoms with Crippen LogP contribution in [0.2, 0.25) is 0 Å². The second-order valence-corrected chi connectivity index (χ2v) is 6.75. The molecular weight excluding hydrogens is 302 g/mol. The average molecular weight is 326 g/mol. The fraction of sp³-hybridized carbons (Fsp3) is 0.812. The highest BCUT2D eigenvalue weighted by molar-refractivity contribution is 5.79. The summed E-state index contributed by atoms with van der Waals surface area (Å²) in [4.78, 5) is 14.4. The molecule has 1 aliphatic heterocycles. The zero-order chi connectivity index (χ0) is 16.4. The first-order chi connectivity index (χ1) is 11.0. The number of rotatable bonds is 3. The Labute approximate surface area is 135 Å². The van der Waals surface area contributed by atoms with E-state index in [1.54, 1.807) is 11.2 Å². The van der Waals surface area contributed by atoms with Crippen molar-refractivity contribution in [1.82, 2.24) is 19.7 Å². The van der Waals surface area contributed by atoms with Crippen LogP contribution in [0.1, 0.15) is 57.2 Å². The Morgan fingerprint density at radius 1 is 1.39 bits per heavy atom. The number of aromatic nitrogens is 3. The molecule has 0 radical (unpaired) electrons. The monoisotopic (exact) mass is 326 g/mol. The van der Waals surface area contributed by atoms with E-state index in [4.69, 9.17) is 0 Å². The molecule has 23 heavy (non-hydrogen) atoms. The average Bonchev–Trinajstić information content (AvgIpc) is 3.02. The first kappa shape index (κ1) is 16.3. The van der Waals surface area contributed by atoms with Gasteiger partial charge in [-0.25, -0.2) is 8.78 Å². The molecule has 2 heterocycles. The SMILES string of the molecule is CCn1cnnc1[C@H]1CCCN(C(=O)[C@@H]2CCCC(F)(F)C2)C1. The third kappa shape index (κ3) is 3.53. The summed E-state index contributed by atoms with van der Waals surface area (Å²) in [6, 6.07) is 0. The predicted molar refractivity (Wildman–Crippen MR) is 81.2 cm³/mol. The Kier molecular flexibility index (Phi) is 4.64. The van der Waals surface area contributed by atoms with E-state index in [1.165, 1.54) is 0 Å². The molecule has 1 aliphatic carbocycles. The summed E-state index contributed by atoms with van der Waals surface area (Å²) in [6.45, 7) is 4.06. The second-order valence-electron chi connectivity index (χ2n) is 6.75. The van der Waals surface area contributed by atoms with Crippen molar-refractivity contribution in [2.75, 3.05) is 13.1 Å². The predicted octanol–water partition coefficient (Wildman–Crippen LogP) is 2.83. The summed E-state index contributed by atoms with van der Waals surface area (Å²) in [5, 5.41) is 8.15. The lowest BCUT2D eigenvalue weighted by atomic mass is 9.84. The Morgan fingerprint density at radius 3 is 2.96 bits per heavy atom. The molecule has 0 unspecified atom stereocenters. The van der Waals surface area contributed by atoms with Crippen molar-refractivity contribution < 1.29 is 13.6 Å². The van der Waals surface area contributed by atoms with E-state index in [2.05, 4.69) is 10.2 Å². The van der Waals surface area contributed by atoms with E-state index >= 15 is 0 Å². The van der Waals surface area contributed by atoms with Crippen molar-refractivity contribution in [3.63, 3.8) is 0 Å². The van der Waals surface area contributed by atoms with Crippen LogP contribution in [-0.4, -0.2) is 44.6 Å². The molecule has 1 aromatic heterocycles. The summed E-state index contributed by atoms with van der Waals surface area (Å²) in [7, 11) is 0. The maximum atomic E-state index is 13.6. The Bertz CT molecular complexity index is 560. The van der Waals surface area contributed by atoms with Crippen molar-refractivity contribution in [2.24, 2.45) is 5.92 Å². The molecule has 1 saturated carbocycles. The highest BCUT2D eigenvalue weighted by Gasteiger charge is 2.41. The molecule has 1 saturated heterocycles. The fourth-order valence-electron chi connectivity index (χ4n) is 3.85. The minimum Gasteiger partial charge on any atom is -0.342 e. The van der Waals surface area contributed by atoms with Crippen LogP contribution in [0, 0.1) is 5.92 Å². The third-order valence-electron chi connectivity index (χ3n) is 5.07. The van der Waals surface area contributed by atoms with Gasteiger partial charge in [0.2, 0.25) is 11.8 Å². The molecule has 3 rings (SSSR count). The van der Waals surface area contributed by atoms with Crippen molar-refractivity contribution >= 4 is 5.91 Å². The van der Waals surface area contributed by atoms with Gasteiger partial charge in [-0.1, -0.05) is 0 Å². The van der Waals surface area contributed by atoms with E-state index in [1.807, 2.05) is 11.5 Å². The third-order valence-corrected chi connectivity index (χ3v) is 5.07. The van der Waals surface area contributed by atoms with Gasteiger partial charge in [-0.15, -0.1) is 10.2 Å². The molecule has 0 N–H and O–H groups in total. The summed E-state index contributed by atoms with van der Waals surface area (Å²) < 4.78 is 29.2. The van der Waals surface area contributed by atoms with Gasteiger partial charge >= 0.3 is 0 Å². The highest BCUT2D eigenvalue weighted by atomic mass is 19.3. The molecule has 7 heteroatoms. The maximum Gasteiger partial charge on any atom is 0.248 e.